The average Bonchev–Trinajstić information content (AvgIpc) is 2.47. The van der Waals surface area contributed by atoms with Gasteiger partial charge in [-0.2, -0.15) is 4.31 Å². The number of nitrogens with zero attached hydrogens (tertiary/aromatic N) is 2. The van der Waals surface area contributed by atoms with Gasteiger partial charge in [0.25, 0.3) is 0 Å². The Morgan fingerprint density at radius 1 is 1.36 bits per heavy atom. The molecule has 122 valence electrons. The van der Waals surface area contributed by atoms with E-state index in [0.29, 0.717) is 6.54 Å². The Hall–Kier alpha value is -1.51. The topological polar surface area (TPSA) is 66.9 Å². The summed E-state index contributed by atoms with van der Waals surface area (Å²) < 4.78 is 45.2. The number of benzene rings is 1. The minimum atomic E-state index is -4.10. The van der Waals surface area contributed by atoms with Crippen LogP contribution in [-0.2, 0) is 19.6 Å². The van der Waals surface area contributed by atoms with Gasteiger partial charge in [-0.1, -0.05) is 12.1 Å². The minimum Gasteiger partial charge on any atom is -0.465 e. The molecule has 1 aliphatic rings. The van der Waals surface area contributed by atoms with Gasteiger partial charge in [0.05, 0.1) is 6.61 Å². The standard InChI is InChI=1S/C14H19FN2O4S/c1-3-21-14(18)12-10-16(2)8-9-17(12)22(19,20)13-7-5-4-6-11(13)15/h4-7,12H,3,8-10H2,1-2H3. The first kappa shape index (κ1) is 16.9. The molecule has 1 aromatic carbocycles. The van der Waals surface area contributed by atoms with E-state index < -0.39 is 32.7 Å². The normalized spacial score (nSPS) is 20.8. The lowest BCUT2D eigenvalue weighted by atomic mass is 10.2. The van der Waals surface area contributed by atoms with Crippen LogP contribution in [-0.4, -0.2) is 62.9 Å². The molecule has 1 aromatic rings. The van der Waals surface area contributed by atoms with E-state index in [1.807, 2.05) is 4.90 Å². The van der Waals surface area contributed by atoms with Crippen LogP contribution < -0.4 is 0 Å². The van der Waals surface area contributed by atoms with E-state index in [0.717, 1.165) is 10.4 Å². The molecule has 8 heteroatoms. The summed E-state index contributed by atoms with van der Waals surface area (Å²) in [6, 6.07) is 4.18. The van der Waals surface area contributed by atoms with E-state index >= 15 is 0 Å². The number of likely N-dealkylation sites (N-methyl/N-ethyl adjacent to an activating group) is 1. The number of piperazine rings is 1. The maximum Gasteiger partial charge on any atom is 0.325 e. The SMILES string of the molecule is CCOC(=O)C1CN(C)CCN1S(=O)(=O)c1ccccc1F. The Kier molecular flexibility index (Phi) is 5.15. The van der Waals surface area contributed by atoms with Crippen molar-refractivity contribution < 1.29 is 22.3 Å². The predicted molar refractivity (Wildman–Crippen MR) is 78.2 cm³/mol. The van der Waals surface area contributed by atoms with E-state index in [-0.39, 0.29) is 19.7 Å². The lowest BCUT2D eigenvalue weighted by Crippen LogP contribution is -2.57. The first-order valence-electron chi connectivity index (χ1n) is 6.99. The van der Waals surface area contributed by atoms with Crippen LogP contribution in [0.15, 0.2) is 29.2 Å². The van der Waals surface area contributed by atoms with Crippen molar-refractivity contribution >= 4 is 16.0 Å². The zero-order chi connectivity index (χ0) is 16.3. The molecular formula is C14H19FN2O4S. The highest BCUT2D eigenvalue weighted by Gasteiger charge is 2.41. The Morgan fingerprint density at radius 2 is 2.05 bits per heavy atom. The van der Waals surface area contributed by atoms with Crippen molar-refractivity contribution in [2.24, 2.45) is 0 Å². The van der Waals surface area contributed by atoms with E-state index in [2.05, 4.69) is 0 Å². The highest BCUT2D eigenvalue weighted by atomic mass is 32.2. The fourth-order valence-corrected chi connectivity index (χ4v) is 4.03. The molecule has 0 N–H and O–H groups in total. The summed E-state index contributed by atoms with van der Waals surface area (Å²) in [7, 11) is -2.31. The van der Waals surface area contributed by atoms with E-state index in [9.17, 15) is 17.6 Å². The summed E-state index contributed by atoms with van der Waals surface area (Å²) >= 11 is 0. The van der Waals surface area contributed by atoms with Gasteiger partial charge >= 0.3 is 5.97 Å². The fourth-order valence-electron chi connectivity index (χ4n) is 2.40. The number of carbonyl (C=O) groups excluding carboxylic acids is 1. The van der Waals surface area contributed by atoms with Crippen molar-refractivity contribution in [1.29, 1.82) is 0 Å². The maximum atomic E-state index is 13.9. The largest absolute Gasteiger partial charge is 0.465 e. The second-order valence-electron chi connectivity index (χ2n) is 5.08. The zero-order valence-corrected chi connectivity index (χ0v) is 13.3. The predicted octanol–water partition coefficient (Wildman–Crippen LogP) is 0.694. The minimum absolute atomic E-state index is 0.108. The van der Waals surface area contributed by atoms with Gasteiger partial charge in [0.1, 0.15) is 16.8 Å². The quantitative estimate of drug-likeness (QED) is 0.760. The molecule has 1 heterocycles. The first-order valence-corrected chi connectivity index (χ1v) is 8.43. The number of hydrogen-bond donors (Lipinski definition) is 0. The van der Waals surface area contributed by atoms with Gasteiger partial charge < -0.3 is 9.64 Å². The van der Waals surface area contributed by atoms with Crippen molar-refractivity contribution in [3.8, 4) is 0 Å². The van der Waals surface area contributed by atoms with Gasteiger partial charge in [0, 0.05) is 19.6 Å². The van der Waals surface area contributed by atoms with Crippen LogP contribution >= 0.6 is 0 Å². The number of halogens is 1. The summed E-state index contributed by atoms with van der Waals surface area (Å²) in [5.41, 5.74) is 0. The molecular weight excluding hydrogens is 311 g/mol. The van der Waals surface area contributed by atoms with Crippen molar-refractivity contribution in [1.82, 2.24) is 9.21 Å². The number of sulfonamides is 1. The van der Waals surface area contributed by atoms with Gasteiger partial charge in [-0.3, -0.25) is 4.79 Å². The summed E-state index contributed by atoms with van der Waals surface area (Å²) in [5.74, 6) is -1.45. The molecule has 0 saturated carbocycles. The lowest BCUT2D eigenvalue weighted by Gasteiger charge is -2.37. The van der Waals surface area contributed by atoms with Gasteiger partial charge in [0.15, 0.2) is 0 Å². The molecule has 22 heavy (non-hydrogen) atoms. The molecule has 1 aliphatic heterocycles. The molecule has 0 spiro atoms. The van der Waals surface area contributed by atoms with Crippen LogP contribution in [0, 0.1) is 5.82 Å². The monoisotopic (exact) mass is 330 g/mol. The van der Waals surface area contributed by atoms with Crippen LogP contribution in [0.1, 0.15) is 6.92 Å². The Labute approximate surface area is 129 Å². The molecule has 0 aliphatic carbocycles. The van der Waals surface area contributed by atoms with Gasteiger partial charge in [-0.15, -0.1) is 0 Å². The maximum absolute atomic E-state index is 13.9. The Balaban J connectivity index is 2.38. The molecule has 0 radical (unpaired) electrons. The lowest BCUT2D eigenvalue weighted by molar-refractivity contribution is -0.149. The average molecular weight is 330 g/mol. The summed E-state index contributed by atoms with van der Waals surface area (Å²) in [4.78, 5) is 13.5. The van der Waals surface area contributed by atoms with Crippen molar-refractivity contribution in [2.45, 2.75) is 17.9 Å². The molecule has 1 fully saturated rings. The van der Waals surface area contributed by atoms with Crippen LogP contribution in [0.2, 0.25) is 0 Å². The van der Waals surface area contributed by atoms with E-state index in [1.54, 1.807) is 14.0 Å². The molecule has 0 amide bonds. The van der Waals surface area contributed by atoms with Gasteiger partial charge in [-0.05, 0) is 26.1 Å². The third-order valence-corrected chi connectivity index (χ3v) is 5.46. The summed E-state index contributed by atoms with van der Waals surface area (Å²) in [5, 5.41) is 0. The Bertz CT molecular complexity index is 650. The van der Waals surface area contributed by atoms with Crippen LogP contribution in [0.25, 0.3) is 0 Å². The van der Waals surface area contributed by atoms with Crippen LogP contribution in [0.3, 0.4) is 0 Å². The van der Waals surface area contributed by atoms with Crippen molar-refractivity contribution in [3.63, 3.8) is 0 Å². The molecule has 0 aromatic heterocycles. The Morgan fingerprint density at radius 3 is 2.68 bits per heavy atom. The van der Waals surface area contributed by atoms with Crippen LogP contribution in [0.5, 0.6) is 0 Å². The first-order chi connectivity index (χ1) is 10.4. The van der Waals surface area contributed by atoms with E-state index in [4.69, 9.17) is 4.74 Å². The van der Waals surface area contributed by atoms with Crippen LogP contribution in [0.4, 0.5) is 4.39 Å². The molecule has 2 rings (SSSR count). The number of rotatable bonds is 4. The third-order valence-electron chi connectivity index (χ3n) is 3.52. The zero-order valence-electron chi connectivity index (χ0n) is 12.5. The third kappa shape index (κ3) is 3.29. The highest BCUT2D eigenvalue weighted by molar-refractivity contribution is 7.89. The van der Waals surface area contributed by atoms with Crippen molar-refractivity contribution in [3.05, 3.63) is 30.1 Å². The highest BCUT2D eigenvalue weighted by Crippen LogP contribution is 2.23. The molecule has 6 nitrogen and oxygen atoms in total. The number of esters is 1. The van der Waals surface area contributed by atoms with Gasteiger partial charge in [-0.25, -0.2) is 12.8 Å². The smallest absolute Gasteiger partial charge is 0.325 e. The number of hydrogen-bond acceptors (Lipinski definition) is 5. The number of carbonyl (C=O) groups is 1. The van der Waals surface area contributed by atoms with Crippen molar-refractivity contribution in [2.75, 3.05) is 33.3 Å². The summed E-state index contributed by atoms with van der Waals surface area (Å²) in [6.07, 6.45) is 0. The second kappa shape index (κ2) is 6.72. The fraction of sp³-hybridized carbons (Fsp3) is 0.500. The van der Waals surface area contributed by atoms with Gasteiger partial charge in [0.2, 0.25) is 10.0 Å². The molecule has 1 saturated heterocycles. The summed E-state index contributed by atoms with van der Waals surface area (Å²) in [6.45, 7) is 2.60. The second-order valence-corrected chi connectivity index (χ2v) is 6.94. The van der Waals surface area contributed by atoms with E-state index in [1.165, 1.54) is 18.2 Å². The molecule has 0 bridgehead atoms. The number of ether oxygens (including phenoxy) is 1. The molecule has 1 atom stereocenters. The molecule has 1 unspecified atom stereocenters.